The molecular formula is C11H15ClF3N3O2S. The summed E-state index contributed by atoms with van der Waals surface area (Å²) in [5, 5.41) is -0.216. The van der Waals surface area contributed by atoms with Crippen LogP contribution in [0, 0.1) is 0 Å². The van der Waals surface area contributed by atoms with E-state index in [9.17, 15) is 21.6 Å². The van der Waals surface area contributed by atoms with Gasteiger partial charge in [0.05, 0.1) is 11.3 Å². The zero-order valence-electron chi connectivity index (χ0n) is 11.1. The molecule has 0 saturated carbocycles. The summed E-state index contributed by atoms with van der Waals surface area (Å²) in [5.74, 6) is 0. The highest BCUT2D eigenvalue weighted by Crippen LogP contribution is 2.33. The molecule has 0 bridgehead atoms. The maximum atomic E-state index is 12.6. The minimum atomic E-state index is -4.61. The van der Waals surface area contributed by atoms with Crippen molar-refractivity contribution in [2.75, 3.05) is 24.9 Å². The summed E-state index contributed by atoms with van der Waals surface area (Å²) >= 11 is 5.58. The number of benzene rings is 1. The Hall–Kier alpha value is -1.03. The maximum Gasteiger partial charge on any atom is 0.416 e. The molecule has 0 amide bonds. The van der Waals surface area contributed by atoms with Gasteiger partial charge in [-0.1, -0.05) is 11.6 Å². The van der Waals surface area contributed by atoms with Crippen LogP contribution in [-0.4, -0.2) is 32.9 Å². The minimum absolute atomic E-state index is 0.151. The van der Waals surface area contributed by atoms with E-state index in [0.29, 0.717) is 19.0 Å². The molecule has 5 nitrogen and oxygen atoms in total. The Bertz CT molecular complexity index is 593. The molecular weight excluding hydrogens is 331 g/mol. The van der Waals surface area contributed by atoms with Crippen molar-refractivity contribution in [2.45, 2.75) is 12.6 Å². The van der Waals surface area contributed by atoms with Crippen molar-refractivity contribution < 1.29 is 21.6 Å². The molecule has 0 unspecified atom stereocenters. The van der Waals surface area contributed by atoms with E-state index in [4.69, 9.17) is 17.3 Å². The number of hydrogen-bond donors (Lipinski definition) is 2. The molecule has 0 heterocycles. The van der Waals surface area contributed by atoms with Gasteiger partial charge in [0.1, 0.15) is 0 Å². The number of nitrogens with one attached hydrogen (secondary N) is 1. The standard InChI is InChI=1S/C11H15ClF3N3O2S/c1-18(4-2-3-16)21(19,20)17-10-6-8(11(13,14)15)5-9(12)7-10/h5-7,17H,2-4,16H2,1H3. The average Bonchev–Trinajstić information content (AvgIpc) is 2.33. The van der Waals surface area contributed by atoms with Crippen molar-refractivity contribution >= 4 is 27.5 Å². The highest BCUT2D eigenvalue weighted by Gasteiger charge is 2.31. The Morgan fingerprint density at radius 2 is 1.95 bits per heavy atom. The highest BCUT2D eigenvalue weighted by molar-refractivity contribution is 7.90. The summed E-state index contributed by atoms with van der Waals surface area (Å²) in [6.45, 7) is 0.452. The van der Waals surface area contributed by atoms with E-state index in [1.54, 1.807) is 0 Å². The number of rotatable bonds is 6. The third kappa shape index (κ3) is 5.34. The monoisotopic (exact) mass is 345 g/mol. The molecule has 0 aliphatic heterocycles. The molecule has 0 aromatic heterocycles. The second-order valence-corrected chi connectivity index (χ2v) is 6.51. The number of alkyl halides is 3. The second-order valence-electron chi connectivity index (χ2n) is 4.30. The summed E-state index contributed by atoms with van der Waals surface area (Å²) in [6.07, 6.45) is -4.18. The van der Waals surface area contributed by atoms with Crippen LogP contribution in [0.3, 0.4) is 0 Å². The van der Waals surface area contributed by atoms with Gasteiger partial charge in [-0.05, 0) is 31.2 Å². The van der Waals surface area contributed by atoms with E-state index in [2.05, 4.69) is 4.72 Å². The lowest BCUT2D eigenvalue weighted by atomic mass is 10.2. The van der Waals surface area contributed by atoms with Crippen LogP contribution in [0.4, 0.5) is 18.9 Å². The Morgan fingerprint density at radius 1 is 1.33 bits per heavy atom. The molecule has 1 aromatic rings. The average molecular weight is 346 g/mol. The zero-order valence-corrected chi connectivity index (χ0v) is 12.7. The van der Waals surface area contributed by atoms with E-state index in [0.717, 1.165) is 16.4 Å². The Labute approximate surface area is 126 Å². The lowest BCUT2D eigenvalue weighted by Gasteiger charge is -2.18. The van der Waals surface area contributed by atoms with Gasteiger partial charge in [-0.3, -0.25) is 4.72 Å². The van der Waals surface area contributed by atoms with Crippen LogP contribution >= 0.6 is 11.6 Å². The minimum Gasteiger partial charge on any atom is -0.330 e. The van der Waals surface area contributed by atoms with Gasteiger partial charge in [-0.15, -0.1) is 0 Å². The Kier molecular flexibility index (Phi) is 5.85. The first-order chi connectivity index (χ1) is 9.56. The van der Waals surface area contributed by atoms with Gasteiger partial charge in [0.25, 0.3) is 0 Å². The van der Waals surface area contributed by atoms with Gasteiger partial charge >= 0.3 is 16.4 Å². The maximum absolute atomic E-state index is 12.6. The third-order valence-corrected chi connectivity index (χ3v) is 4.27. The molecule has 1 aromatic carbocycles. The fourth-order valence-corrected chi connectivity index (χ4v) is 2.65. The molecule has 0 atom stereocenters. The van der Waals surface area contributed by atoms with Crippen molar-refractivity contribution in [2.24, 2.45) is 5.73 Å². The summed E-state index contributed by atoms with van der Waals surface area (Å²) in [4.78, 5) is 0. The molecule has 3 N–H and O–H groups in total. The lowest BCUT2D eigenvalue weighted by Crippen LogP contribution is -2.34. The van der Waals surface area contributed by atoms with Crippen molar-refractivity contribution in [3.05, 3.63) is 28.8 Å². The summed E-state index contributed by atoms with van der Waals surface area (Å²) in [6, 6.07) is 2.50. The van der Waals surface area contributed by atoms with Crippen LogP contribution in [0.1, 0.15) is 12.0 Å². The quantitative estimate of drug-likeness (QED) is 0.830. The van der Waals surface area contributed by atoms with E-state index in [1.807, 2.05) is 0 Å². The van der Waals surface area contributed by atoms with E-state index in [1.165, 1.54) is 7.05 Å². The Balaban J connectivity index is 3.00. The van der Waals surface area contributed by atoms with E-state index < -0.39 is 21.9 Å². The molecule has 10 heteroatoms. The van der Waals surface area contributed by atoms with Crippen molar-refractivity contribution in [1.29, 1.82) is 0 Å². The topological polar surface area (TPSA) is 75.4 Å². The van der Waals surface area contributed by atoms with Gasteiger partial charge in [0, 0.05) is 18.6 Å². The van der Waals surface area contributed by atoms with Crippen LogP contribution in [-0.2, 0) is 16.4 Å². The van der Waals surface area contributed by atoms with E-state index >= 15 is 0 Å². The molecule has 120 valence electrons. The number of halogens is 4. The van der Waals surface area contributed by atoms with Crippen LogP contribution in [0.5, 0.6) is 0 Å². The Morgan fingerprint density at radius 3 is 2.48 bits per heavy atom. The first-order valence-electron chi connectivity index (χ1n) is 5.88. The molecule has 21 heavy (non-hydrogen) atoms. The fourth-order valence-electron chi connectivity index (χ4n) is 1.47. The van der Waals surface area contributed by atoms with E-state index in [-0.39, 0.29) is 17.3 Å². The summed E-state index contributed by atoms with van der Waals surface area (Å²) in [7, 11) is -2.66. The first-order valence-corrected chi connectivity index (χ1v) is 7.70. The van der Waals surface area contributed by atoms with Gasteiger partial charge in [0.15, 0.2) is 0 Å². The normalized spacial score (nSPS) is 12.7. The van der Waals surface area contributed by atoms with Crippen LogP contribution < -0.4 is 10.5 Å². The number of nitrogens with two attached hydrogens (primary N) is 1. The number of nitrogens with zero attached hydrogens (tertiary/aromatic N) is 1. The second kappa shape index (κ2) is 6.82. The fraction of sp³-hybridized carbons (Fsp3) is 0.455. The largest absolute Gasteiger partial charge is 0.416 e. The molecule has 0 saturated heterocycles. The van der Waals surface area contributed by atoms with Crippen molar-refractivity contribution in [3.63, 3.8) is 0 Å². The van der Waals surface area contributed by atoms with Crippen molar-refractivity contribution in [3.8, 4) is 0 Å². The first kappa shape index (κ1) is 18.0. The highest BCUT2D eigenvalue weighted by atomic mass is 35.5. The molecule has 0 spiro atoms. The van der Waals surface area contributed by atoms with Gasteiger partial charge in [0.2, 0.25) is 0 Å². The van der Waals surface area contributed by atoms with Crippen LogP contribution in [0.25, 0.3) is 0 Å². The SMILES string of the molecule is CN(CCCN)S(=O)(=O)Nc1cc(Cl)cc(C(F)(F)F)c1. The molecule has 0 fully saturated rings. The van der Waals surface area contributed by atoms with Gasteiger partial charge in [-0.25, -0.2) is 0 Å². The molecule has 0 aliphatic carbocycles. The van der Waals surface area contributed by atoms with Gasteiger partial charge in [-0.2, -0.15) is 25.9 Å². The van der Waals surface area contributed by atoms with Crippen LogP contribution in [0.2, 0.25) is 5.02 Å². The third-order valence-electron chi connectivity index (χ3n) is 2.56. The molecule has 1 rings (SSSR count). The van der Waals surface area contributed by atoms with Crippen molar-refractivity contribution in [1.82, 2.24) is 4.31 Å². The zero-order chi connectivity index (χ0) is 16.3. The predicted molar refractivity (Wildman–Crippen MR) is 75.3 cm³/mol. The summed E-state index contributed by atoms with van der Waals surface area (Å²) < 4.78 is 64.8. The number of hydrogen-bond acceptors (Lipinski definition) is 3. The summed E-state index contributed by atoms with van der Waals surface area (Å²) in [5.41, 5.74) is 3.99. The smallest absolute Gasteiger partial charge is 0.330 e. The number of anilines is 1. The predicted octanol–water partition coefficient (Wildman–Crippen LogP) is 2.30. The van der Waals surface area contributed by atoms with Gasteiger partial charge < -0.3 is 5.73 Å². The van der Waals surface area contributed by atoms with Crippen LogP contribution in [0.15, 0.2) is 18.2 Å². The molecule has 0 aliphatic rings. The lowest BCUT2D eigenvalue weighted by molar-refractivity contribution is -0.137. The molecule has 0 radical (unpaired) electrons.